The van der Waals surface area contributed by atoms with E-state index in [1.807, 2.05) is 0 Å². The van der Waals surface area contributed by atoms with E-state index >= 15 is 0 Å². The highest BCUT2D eigenvalue weighted by molar-refractivity contribution is 7.87. The zero-order chi connectivity index (χ0) is 21.2. The molecule has 0 aromatic carbocycles. The summed E-state index contributed by atoms with van der Waals surface area (Å²) >= 11 is 5.68. The Morgan fingerprint density at radius 2 is 1.97 bits per heavy atom. The van der Waals surface area contributed by atoms with Crippen molar-refractivity contribution in [3.05, 3.63) is 11.6 Å². The number of Topliss-reactive ketones (excluding diaryl/α,β-unsaturated/α-hetero) is 1. The van der Waals surface area contributed by atoms with Crippen molar-refractivity contribution in [2.24, 2.45) is 34.5 Å². The van der Waals surface area contributed by atoms with Crippen molar-refractivity contribution >= 4 is 33.3 Å². The fraction of sp³-hybridized carbons (Fsp3) is 0.818. The van der Waals surface area contributed by atoms with E-state index in [-0.39, 0.29) is 34.2 Å². The number of carbonyl (C=O) groups is 2. The second-order valence-corrected chi connectivity index (χ2v) is 12.3. The molecule has 0 bridgehead atoms. The van der Waals surface area contributed by atoms with Gasteiger partial charge in [0.25, 0.3) is 10.1 Å². The molecule has 5 nitrogen and oxygen atoms in total. The third-order valence-corrected chi connectivity index (χ3v) is 10.4. The second kappa shape index (κ2) is 7.16. The van der Waals surface area contributed by atoms with Crippen LogP contribution in [0.15, 0.2) is 11.6 Å². The number of allylic oxidation sites excluding steroid dienone is 1. The Kier molecular flexibility index (Phi) is 5.31. The van der Waals surface area contributed by atoms with Gasteiger partial charge < -0.3 is 0 Å². The molecule has 3 saturated carbocycles. The van der Waals surface area contributed by atoms with Crippen LogP contribution in [0.4, 0.5) is 0 Å². The van der Waals surface area contributed by atoms with Gasteiger partial charge in [0.1, 0.15) is 11.0 Å². The Hall–Kier alpha value is -0.720. The van der Waals surface area contributed by atoms with Gasteiger partial charge in [0.15, 0.2) is 5.78 Å². The summed E-state index contributed by atoms with van der Waals surface area (Å²) in [5.41, 5.74) is 0.664. The van der Waals surface area contributed by atoms with E-state index in [1.54, 1.807) is 13.0 Å². The smallest absolute Gasteiger partial charge is 0.281 e. The summed E-state index contributed by atoms with van der Waals surface area (Å²) in [6.07, 6.45) is 6.74. The molecular formula is C22H31ClO5S. The van der Waals surface area contributed by atoms with E-state index in [9.17, 15) is 18.0 Å². The fourth-order valence-electron chi connectivity index (χ4n) is 7.62. The Balaban J connectivity index is 1.79. The third-order valence-electron chi connectivity index (χ3n) is 8.77. The van der Waals surface area contributed by atoms with E-state index in [4.69, 9.17) is 15.8 Å². The van der Waals surface area contributed by atoms with Crippen molar-refractivity contribution in [3.63, 3.8) is 0 Å². The molecule has 4 rings (SSSR count). The second-order valence-electron chi connectivity index (χ2n) is 10.1. The first kappa shape index (κ1) is 21.5. The summed E-state index contributed by atoms with van der Waals surface area (Å²) in [5, 5.41) is -0.574. The number of carbonyl (C=O) groups excluding carboxylic acids is 2. The lowest BCUT2D eigenvalue weighted by molar-refractivity contribution is -0.139. The van der Waals surface area contributed by atoms with E-state index in [0.29, 0.717) is 24.7 Å². The number of ketones is 2. The quantitative estimate of drug-likeness (QED) is 0.480. The van der Waals surface area contributed by atoms with E-state index < -0.39 is 21.4 Å². The van der Waals surface area contributed by atoms with Gasteiger partial charge in [0.05, 0.1) is 6.10 Å². The highest BCUT2D eigenvalue weighted by Crippen LogP contribution is 2.67. The summed E-state index contributed by atoms with van der Waals surface area (Å²) in [5.74, 6) is 1.02. The average Bonchev–Trinajstić information content (AvgIpc) is 2.98. The molecule has 0 saturated heterocycles. The van der Waals surface area contributed by atoms with Crippen molar-refractivity contribution < 1.29 is 22.2 Å². The lowest BCUT2D eigenvalue weighted by atomic mass is 9.46. The number of halogens is 1. The van der Waals surface area contributed by atoms with Gasteiger partial charge in [0.2, 0.25) is 0 Å². The molecule has 4 aliphatic rings. The standard InChI is InChI=1S/C22H31ClO5S/c1-13(24)17-6-7-18-16-5-4-14-10-15(25)8-9-21(14,2)20(16)19(11-22(17,18)3)28-29(26,27)12-23/h10,16-20H,4-9,11-12H2,1-3H3/t16-,17+,18-,19+,20+,21-,22+/m0/s1. The van der Waals surface area contributed by atoms with Gasteiger partial charge in [-0.2, -0.15) is 8.42 Å². The minimum absolute atomic E-state index is 0.0253. The lowest BCUT2D eigenvalue weighted by Gasteiger charge is -2.60. The Labute approximate surface area is 178 Å². The molecule has 0 unspecified atom stereocenters. The molecule has 29 heavy (non-hydrogen) atoms. The maximum atomic E-state index is 12.4. The van der Waals surface area contributed by atoms with Gasteiger partial charge in [0, 0.05) is 12.3 Å². The molecule has 162 valence electrons. The summed E-state index contributed by atoms with van der Waals surface area (Å²) < 4.78 is 30.5. The van der Waals surface area contributed by atoms with Crippen molar-refractivity contribution in [1.82, 2.24) is 0 Å². The first-order valence-electron chi connectivity index (χ1n) is 10.7. The number of hydrogen-bond acceptors (Lipinski definition) is 5. The molecule has 0 aromatic rings. The van der Waals surface area contributed by atoms with Crippen LogP contribution in [-0.2, 0) is 23.9 Å². The molecule has 3 fully saturated rings. The van der Waals surface area contributed by atoms with Crippen LogP contribution in [0.5, 0.6) is 0 Å². The highest BCUT2D eigenvalue weighted by atomic mass is 35.5. The predicted molar refractivity (Wildman–Crippen MR) is 111 cm³/mol. The van der Waals surface area contributed by atoms with Gasteiger partial charge in [-0.3, -0.25) is 13.8 Å². The molecule has 7 atom stereocenters. The fourth-order valence-corrected chi connectivity index (χ4v) is 8.39. The third kappa shape index (κ3) is 3.34. The largest absolute Gasteiger partial charge is 0.300 e. The Bertz CT molecular complexity index is 864. The Morgan fingerprint density at radius 1 is 1.24 bits per heavy atom. The van der Waals surface area contributed by atoms with Crippen molar-refractivity contribution in [3.8, 4) is 0 Å². The SMILES string of the molecule is CC(=O)[C@H]1CC[C@H]2[C@@H]3CCC4=CC(=O)CC[C@]4(C)[C@H]3[C@H](OS(=O)(=O)CCl)C[C@]12C. The zero-order valence-electron chi connectivity index (χ0n) is 17.4. The first-order valence-corrected chi connectivity index (χ1v) is 12.8. The van der Waals surface area contributed by atoms with Crippen LogP contribution in [-0.4, -0.2) is 31.3 Å². The van der Waals surface area contributed by atoms with Crippen LogP contribution >= 0.6 is 11.6 Å². The molecule has 4 aliphatic carbocycles. The van der Waals surface area contributed by atoms with Crippen LogP contribution in [0.3, 0.4) is 0 Å². The average molecular weight is 443 g/mol. The van der Waals surface area contributed by atoms with Gasteiger partial charge >= 0.3 is 0 Å². The minimum atomic E-state index is -3.84. The summed E-state index contributed by atoms with van der Waals surface area (Å²) in [7, 11) is -3.84. The zero-order valence-corrected chi connectivity index (χ0v) is 19.0. The maximum Gasteiger partial charge on any atom is 0.281 e. The first-order chi connectivity index (χ1) is 13.5. The topological polar surface area (TPSA) is 77.5 Å². The van der Waals surface area contributed by atoms with Gasteiger partial charge in [-0.25, -0.2) is 0 Å². The molecule has 0 aliphatic heterocycles. The van der Waals surface area contributed by atoms with Gasteiger partial charge in [-0.05, 0) is 80.1 Å². The normalized spacial score (nSPS) is 44.5. The van der Waals surface area contributed by atoms with E-state index in [2.05, 4.69) is 13.8 Å². The number of hydrogen-bond donors (Lipinski definition) is 0. The van der Waals surface area contributed by atoms with Crippen LogP contribution in [0.25, 0.3) is 0 Å². The predicted octanol–water partition coefficient (Wildman–Crippen LogP) is 4.24. The maximum absolute atomic E-state index is 12.4. The highest BCUT2D eigenvalue weighted by Gasteiger charge is 2.63. The molecule has 0 spiro atoms. The molecular weight excluding hydrogens is 412 g/mol. The molecule has 0 radical (unpaired) electrons. The van der Waals surface area contributed by atoms with E-state index in [1.165, 1.54) is 0 Å². The van der Waals surface area contributed by atoms with Gasteiger partial charge in [-0.1, -0.05) is 19.4 Å². The van der Waals surface area contributed by atoms with E-state index in [0.717, 1.165) is 37.7 Å². The van der Waals surface area contributed by atoms with Gasteiger partial charge in [-0.15, -0.1) is 11.6 Å². The van der Waals surface area contributed by atoms with Crippen molar-refractivity contribution in [1.29, 1.82) is 0 Å². The minimum Gasteiger partial charge on any atom is -0.300 e. The molecule has 0 amide bonds. The number of alkyl halides is 1. The summed E-state index contributed by atoms with van der Waals surface area (Å²) in [6.45, 7) is 6.01. The van der Waals surface area contributed by atoms with Crippen molar-refractivity contribution in [2.75, 3.05) is 5.21 Å². The molecule has 0 heterocycles. The summed E-state index contributed by atoms with van der Waals surface area (Å²) in [6, 6.07) is 0. The molecule has 0 aromatic heterocycles. The number of fused-ring (bicyclic) bond motifs is 5. The van der Waals surface area contributed by atoms with Crippen LogP contribution in [0, 0.1) is 34.5 Å². The van der Waals surface area contributed by atoms with Crippen LogP contribution in [0.2, 0.25) is 0 Å². The Morgan fingerprint density at radius 3 is 2.62 bits per heavy atom. The monoisotopic (exact) mass is 442 g/mol. The number of rotatable bonds is 4. The summed E-state index contributed by atoms with van der Waals surface area (Å²) in [4.78, 5) is 24.5. The van der Waals surface area contributed by atoms with Crippen molar-refractivity contribution in [2.45, 2.75) is 71.8 Å². The lowest BCUT2D eigenvalue weighted by Crippen LogP contribution is -2.58. The van der Waals surface area contributed by atoms with Crippen LogP contribution < -0.4 is 0 Å². The van der Waals surface area contributed by atoms with Crippen LogP contribution in [0.1, 0.15) is 65.7 Å². The molecule has 7 heteroatoms. The molecule has 0 N–H and O–H groups in total.